The largest absolute Gasteiger partial charge is 0.494 e. The van der Waals surface area contributed by atoms with Crippen LogP contribution in [0.5, 0.6) is 5.75 Å². The Kier molecular flexibility index (Phi) is 15.5. The molecule has 1 nitrogen and oxygen atoms in total. The average Bonchev–Trinajstić information content (AvgIpc) is 2.85. The first-order chi connectivity index (χ1) is 16.3. The van der Waals surface area contributed by atoms with E-state index in [0.717, 1.165) is 18.8 Å². The predicted octanol–water partition coefficient (Wildman–Crippen LogP) is 10.6. The van der Waals surface area contributed by atoms with E-state index in [2.05, 4.69) is 62.4 Å². The van der Waals surface area contributed by atoms with Crippen molar-refractivity contribution in [3.05, 3.63) is 54.1 Å². The Hall–Kier alpha value is -1.76. The topological polar surface area (TPSA) is 9.23 Å². The van der Waals surface area contributed by atoms with E-state index in [1.807, 2.05) is 0 Å². The van der Waals surface area contributed by atoms with Crippen molar-refractivity contribution in [2.45, 2.75) is 123 Å². The van der Waals surface area contributed by atoms with Crippen molar-refractivity contribution in [3.8, 4) is 16.9 Å². The van der Waals surface area contributed by atoms with E-state index in [1.54, 1.807) is 0 Å². The van der Waals surface area contributed by atoms with Crippen LogP contribution in [0, 0.1) is 0 Å². The molecule has 0 saturated heterocycles. The maximum atomic E-state index is 5.95. The molecule has 2 aromatic carbocycles. The minimum absolute atomic E-state index is 0.835. The molecule has 0 spiro atoms. The summed E-state index contributed by atoms with van der Waals surface area (Å²) in [7, 11) is 0. The fraction of sp³-hybridized carbons (Fsp3) is 0.625. The van der Waals surface area contributed by atoms with E-state index in [0.29, 0.717) is 0 Å². The first-order valence-electron chi connectivity index (χ1n) is 14.2. The summed E-state index contributed by atoms with van der Waals surface area (Å²) in [5.74, 6) is 0.994. The lowest BCUT2D eigenvalue weighted by Crippen LogP contribution is -1.97. The van der Waals surface area contributed by atoms with Crippen LogP contribution < -0.4 is 4.74 Å². The highest BCUT2D eigenvalue weighted by Gasteiger charge is 2.01. The van der Waals surface area contributed by atoms with E-state index >= 15 is 0 Å². The van der Waals surface area contributed by atoms with Gasteiger partial charge in [0.15, 0.2) is 0 Å². The normalized spacial score (nSPS) is 11.1. The molecule has 1 heteroatoms. The van der Waals surface area contributed by atoms with E-state index in [4.69, 9.17) is 4.74 Å². The summed E-state index contributed by atoms with van der Waals surface area (Å²) in [6.07, 6.45) is 23.0. The highest BCUT2D eigenvalue weighted by atomic mass is 16.5. The van der Waals surface area contributed by atoms with E-state index in [9.17, 15) is 0 Å². The molecular formula is C32H50O. The summed E-state index contributed by atoms with van der Waals surface area (Å²) in [6, 6.07) is 17.8. The van der Waals surface area contributed by atoms with Crippen LogP contribution in [0.25, 0.3) is 11.1 Å². The lowest BCUT2D eigenvalue weighted by Gasteiger charge is -2.08. The van der Waals surface area contributed by atoms with Crippen molar-refractivity contribution in [2.75, 3.05) is 6.61 Å². The van der Waals surface area contributed by atoms with Gasteiger partial charge in [-0.1, -0.05) is 140 Å². The smallest absolute Gasteiger partial charge is 0.119 e. The summed E-state index contributed by atoms with van der Waals surface area (Å²) >= 11 is 0. The molecule has 184 valence electrons. The molecule has 0 amide bonds. The highest BCUT2D eigenvalue weighted by molar-refractivity contribution is 5.64. The van der Waals surface area contributed by atoms with Crippen LogP contribution in [0.4, 0.5) is 0 Å². The number of unbranched alkanes of at least 4 members (excludes halogenated alkanes) is 14. The number of rotatable bonds is 20. The second-order valence-corrected chi connectivity index (χ2v) is 9.77. The van der Waals surface area contributed by atoms with Crippen molar-refractivity contribution in [2.24, 2.45) is 0 Å². The standard InChI is InChI=1S/C32H50O/c1-3-5-7-9-11-13-15-17-19-29-20-22-30(23-21-29)31-24-26-32(27-25-31)33-28-18-16-14-12-10-8-6-4-2/h20-27H,3-19,28H2,1-2H3. The monoisotopic (exact) mass is 450 g/mol. The fourth-order valence-corrected chi connectivity index (χ4v) is 4.50. The molecule has 0 unspecified atom stereocenters. The van der Waals surface area contributed by atoms with Gasteiger partial charge in [-0.05, 0) is 48.1 Å². The van der Waals surface area contributed by atoms with Crippen LogP contribution in [-0.4, -0.2) is 6.61 Å². The maximum absolute atomic E-state index is 5.95. The fourth-order valence-electron chi connectivity index (χ4n) is 4.50. The summed E-state index contributed by atoms with van der Waals surface area (Å²) in [5.41, 5.74) is 4.03. The lowest BCUT2D eigenvalue weighted by molar-refractivity contribution is 0.304. The lowest BCUT2D eigenvalue weighted by atomic mass is 10.0. The Morgan fingerprint density at radius 2 is 0.879 bits per heavy atom. The molecule has 0 heterocycles. The molecule has 0 atom stereocenters. The van der Waals surface area contributed by atoms with Crippen molar-refractivity contribution in [1.29, 1.82) is 0 Å². The first-order valence-corrected chi connectivity index (χ1v) is 14.2. The van der Waals surface area contributed by atoms with Gasteiger partial charge >= 0.3 is 0 Å². The third-order valence-corrected chi connectivity index (χ3v) is 6.73. The molecule has 2 aromatic rings. The quantitative estimate of drug-likeness (QED) is 0.182. The van der Waals surface area contributed by atoms with E-state index < -0.39 is 0 Å². The average molecular weight is 451 g/mol. The van der Waals surface area contributed by atoms with Gasteiger partial charge in [-0.2, -0.15) is 0 Å². The molecule has 0 aliphatic carbocycles. The van der Waals surface area contributed by atoms with Crippen LogP contribution in [0.3, 0.4) is 0 Å². The first kappa shape index (κ1) is 27.5. The number of benzene rings is 2. The molecular weight excluding hydrogens is 400 g/mol. The second-order valence-electron chi connectivity index (χ2n) is 9.77. The zero-order valence-corrected chi connectivity index (χ0v) is 21.8. The molecule has 0 aliphatic heterocycles. The van der Waals surface area contributed by atoms with Crippen LogP contribution in [-0.2, 0) is 6.42 Å². The summed E-state index contributed by atoms with van der Waals surface area (Å²) in [4.78, 5) is 0. The molecule has 0 fully saturated rings. The van der Waals surface area contributed by atoms with Crippen molar-refractivity contribution in [1.82, 2.24) is 0 Å². The number of hydrogen-bond donors (Lipinski definition) is 0. The maximum Gasteiger partial charge on any atom is 0.119 e. The van der Waals surface area contributed by atoms with Gasteiger partial charge in [-0.3, -0.25) is 0 Å². The van der Waals surface area contributed by atoms with Crippen LogP contribution >= 0.6 is 0 Å². The minimum Gasteiger partial charge on any atom is -0.494 e. The molecule has 33 heavy (non-hydrogen) atoms. The van der Waals surface area contributed by atoms with Crippen molar-refractivity contribution < 1.29 is 4.74 Å². The Balaban J connectivity index is 1.59. The number of ether oxygens (including phenoxy) is 1. The molecule has 0 N–H and O–H groups in total. The number of aryl methyl sites for hydroxylation is 1. The van der Waals surface area contributed by atoms with Crippen molar-refractivity contribution >= 4 is 0 Å². The Morgan fingerprint density at radius 3 is 1.39 bits per heavy atom. The summed E-state index contributed by atoms with van der Waals surface area (Å²) in [6.45, 7) is 5.40. The predicted molar refractivity (Wildman–Crippen MR) is 146 cm³/mol. The Morgan fingerprint density at radius 1 is 0.455 bits per heavy atom. The summed E-state index contributed by atoms with van der Waals surface area (Å²) in [5, 5.41) is 0. The second kappa shape index (κ2) is 18.6. The third kappa shape index (κ3) is 12.9. The van der Waals surface area contributed by atoms with Gasteiger partial charge in [0, 0.05) is 0 Å². The van der Waals surface area contributed by atoms with Gasteiger partial charge in [0.05, 0.1) is 6.61 Å². The van der Waals surface area contributed by atoms with Gasteiger partial charge in [0.25, 0.3) is 0 Å². The molecule has 0 aromatic heterocycles. The zero-order chi connectivity index (χ0) is 23.4. The van der Waals surface area contributed by atoms with Gasteiger partial charge < -0.3 is 4.74 Å². The van der Waals surface area contributed by atoms with Crippen molar-refractivity contribution in [3.63, 3.8) is 0 Å². The molecule has 0 bridgehead atoms. The molecule has 0 aliphatic rings. The minimum atomic E-state index is 0.835. The van der Waals surface area contributed by atoms with Crippen LogP contribution in [0.15, 0.2) is 48.5 Å². The third-order valence-electron chi connectivity index (χ3n) is 6.73. The highest BCUT2D eigenvalue weighted by Crippen LogP contribution is 2.24. The Bertz CT molecular complexity index is 685. The summed E-state index contributed by atoms with van der Waals surface area (Å²) < 4.78 is 5.95. The zero-order valence-electron chi connectivity index (χ0n) is 21.8. The van der Waals surface area contributed by atoms with E-state index in [-0.39, 0.29) is 0 Å². The Labute approximate surface area is 205 Å². The van der Waals surface area contributed by atoms with Crippen LogP contribution in [0.1, 0.15) is 122 Å². The van der Waals surface area contributed by atoms with Gasteiger partial charge in [-0.15, -0.1) is 0 Å². The van der Waals surface area contributed by atoms with Gasteiger partial charge in [-0.25, -0.2) is 0 Å². The van der Waals surface area contributed by atoms with E-state index in [1.165, 1.54) is 119 Å². The molecule has 0 saturated carbocycles. The van der Waals surface area contributed by atoms with Gasteiger partial charge in [0.2, 0.25) is 0 Å². The molecule has 0 radical (unpaired) electrons. The van der Waals surface area contributed by atoms with Gasteiger partial charge in [0.1, 0.15) is 5.75 Å². The van der Waals surface area contributed by atoms with Crippen LogP contribution in [0.2, 0.25) is 0 Å². The number of hydrogen-bond acceptors (Lipinski definition) is 1. The molecule has 2 rings (SSSR count). The SMILES string of the molecule is CCCCCCCCCCOc1ccc(-c2ccc(CCCCCCCCCC)cc2)cc1.